The molecule has 0 N–H and O–H groups in total. The van der Waals surface area contributed by atoms with Gasteiger partial charge in [0.05, 0.1) is 7.11 Å². The molecular formula is C22H28N4O2. The van der Waals surface area contributed by atoms with Crippen LogP contribution in [0.15, 0.2) is 42.6 Å². The topological polar surface area (TPSA) is 48.9 Å². The monoisotopic (exact) mass is 380 g/mol. The lowest BCUT2D eigenvalue weighted by atomic mass is 9.99. The van der Waals surface area contributed by atoms with Crippen molar-refractivity contribution in [2.24, 2.45) is 0 Å². The zero-order valence-corrected chi connectivity index (χ0v) is 16.5. The van der Waals surface area contributed by atoms with Crippen molar-refractivity contribution in [2.45, 2.75) is 19.4 Å². The second-order valence-corrected chi connectivity index (χ2v) is 7.47. The summed E-state index contributed by atoms with van der Waals surface area (Å²) in [4.78, 5) is 23.7. The number of carbonyl (C=O) groups excluding carboxylic acids is 1. The van der Waals surface area contributed by atoms with Crippen molar-refractivity contribution < 1.29 is 9.53 Å². The molecule has 0 aliphatic carbocycles. The third kappa shape index (κ3) is 4.28. The van der Waals surface area contributed by atoms with Gasteiger partial charge in [0, 0.05) is 58.4 Å². The van der Waals surface area contributed by atoms with Gasteiger partial charge in [-0.05, 0) is 41.8 Å². The van der Waals surface area contributed by atoms with Crippen molar-refractivity contribution >= 4 is 11.7 Å². The van der Waals surface area contributed by atoms with Gasteiger partial charge in [-0.2, -0.15) is 0 Å². The van der Waals surface area contributed by atoms with Gasteiger partial charge in [0.1, 0.15) is 11.6 Å². The smallest absolute Gasteiger partial charge is 0.223 e. The summed E-state index contributed by atoms with van der Waals surface area (Å²) >= 11 is 0. The molecule has 1 saturated heterocycles. The Morgan fingerprint density at radius 1 is 1.07 bits per heavy atom. The van der Waals surface area contributed by atoms with Gasteiger partial charge in [0.15, 0.2) is 0 Å². The maximum atomic E-state index is 12.7. The highest BCUT2D eigenvalue weighted by molar-refractivity contribution is 5.76. The number of pyridine rings is 1. The van der Waals surface area contributed by atoms with E-state index in [4.69, 9.17) is 4.74 Å². The molecule has 2 aliphatic rings. The molecular weight excluding hydrogens is 352 g/mol. The molecule has 28 heavy (non-hydrogen) atoms. The van der Waals surface area contributed by atoms with Gasteiger partial charge in [-0.15, -0.1) is 0 Å². The summed E-state index contributed by atoms with van der Waals surface area (Å²) in [6.07, 6.45) is 3.44. The van der Waals surface area contributed by atoms with Gasteiger partial charge < -0.3 is 14.5 Å². The molecule has 1 aromatic carbocycles. The lowest BCUT2D eigenvalue weighted by molar-refractivity contribution is -0.131. The summed E-state index contributed by atoms with van der Waals surface area (Å²) in [6.45, 7) is 5.97. The summed E-state index contributed by atoms with van der Waals surface area (Å²) in [5.74, 6) is 2.16. The molecule has 6 nitrogen and oxygen atoms in total. The van der Waals surface area contributed by atoms with Gasteiger partial charge in [-0.1, -0.05) is 12.1 Å². The van der Waals surface area contributed by atoms with Gasteiger partial charge in [0.25, 0.3) is 0 Å². The van der Waals surface area contributed by atoms with E-state index in [0.29, 0.717) is 6.42 Å². The van der Waals surface area contributed by atoms with Crippen LogP contribution >= 0.6 is 0 Å². The summed E-state index contributed by atoms with van der Waals surface area (Å²) in [5, 5.41) is 0. The fraction of sp³-hybridized carbons (Fsp3) is 0.455. The van der Waals surface area contributed by atoms with Crippen molar-refractivity contribution in [1.82, 2.24) is 14.8 Å². The molecule has 148 valence electrons. The highest BCUT2D eigenvalue weighted by Gasteiger charge is 2.23. The summed E-state index contributed by atoms with van der Waals surface area (Å²) in [5.41, 5.74) is 2.72. The third-order valence-corrected chi connectivity index (χ3v) is 5.75. The Kier molecular flexibility index (Phi) is 5.76. The Bertz CT molecular complexity index is 803. The van der Waals surface area contributed by atoms with Crippen LogP contribution in [0, 0.1) is 0 Å². The minimum atomic E-state index is 0.261. The maximum Gasteiger partial charge on any atom is 0.223 e. The van der Waals surface area contributed by atoms with E-state index in [9.17, 15) is 4.79 Å². The summed E-state index contributed by atoms with van der Waals surface area (Å²) in [7, 11) is 1.70. The number of carbonyl (C=O) groups is 1. The summed E-state index contributed by atoms with van der Waals surface area (Å²) < 4.78 is 5.35. The van der Waals surface area contributed by atoms with E-state index < -0.39 is 0 Å². The molecule has 0 saturated carbocycles. The van der Waals surface area contributed by atoms with Gasteiger partial charge >= 0.3 is 0 Å². The van der Waals surface area contributed by atoms with E-state index in [-0.39, 0.29) is 5.91 Å². The average Bonchev–Trinajstić information content (AvgIpc) is 2.77. The van der Waals surface area contributed by atoms with Crippen LogP contribution < -0.4 is 9.64 Å². The molecule has 2 aromatic rings. The third-order valence-electron chi connectivity index (χ3n) is 5.75. The van der Waals surface area contributed by atoms with E-state index in [1.165, 1.54) is 11.1 Å². The second-order valence-electron chi connectivity index (χ2n) is 7.47. The van der Waals surface area contributed by atoms with Gasteiger partial charge in [-0.3, -0.25) is 9.69 Å². The minimum Gasteiger partial charge on any atom is -0.497 e. The Labute approximate surface area is 166 Å². The van der Waals surface area contributed by atoms with Gasteiger partial charge in [-0.25, -0.2) is 4.98 Å². The molecule has 0 radical (unpaired) electrons. The first kappa shape index (κ1) is 18.7. The van der Waals surface area contributed by atoms with E-state index in [1.54, 1.807) is 7.11 Å². The van der Waals surface area contributed by atoms with Crippen LogP contribution in [0.5, 0.6) is 5.75 Å². The lowest BCUT2D eigenvalue weighted by Crippen LogP contribution is -2.49. The number of piperazine rings is 1. The first-order valence-electron chi connectivity index (χ1n) is 10.0. The van der Waals surface area contributed by atoms with Crippen molar-refractivity contribution in [3.05, 3.63) is 53.7 Å². The number of ether oxygens (including phenoxy) is 1. The van der Waals surface area contributed by atoms with Gasteiger partial charge in [0.2, 0.25) is 5.91 Å². The largest absolute Gasteiger partial charge is 0.497 e. The van der Waals surface area contributed by atoms with Crippen LogP contribution in [0.25, 0.3) is 0 Å². The highest BCUT2D eigenvalue weighted by atomic mass is 16.5. The standard InChI is InChI=1S/C22H28N4O2/c1-28-20-6-5-18-7-10-24(17-19(18)16-20)11-8-22(27)26-14-12-25(13-15-26)21-4-2-3-9-23-21/h2-6,9,16H,7-8,10-15,17H2,1H3. The van der Waals surface area contributed by atoms with E-state index in [2.05, 4.69) is 26.9 Å². The predicted octanol–water partition coefficient (Wildman–Crippen LogP) is 2.19. The second kappa shape index (κ2) is 8.61. The predicted molar refractivity (Wildman–Crippen MR) is 110 cm³/mol. The Balaban J connectivity index is 1.25. The van der Waals surface area contributed by atoms with Crippen molar-refractivity contribution in [3.63, 3.8) is 0 Å². The van der Waals surface area contributed by atoms with Crippen molar-refractivity contribution in [3.8, 4) is 5.75 Å². The number of methoxy groups -OCH3 is 1. The normalized spacial score (nSPS) is 17.3. The number of aromatic nitrogens is 1. The molecule has 0 unspecified atom stereocenters. The molecule has 1 aromatic heterocycles. The molecule has 1 fully saturated rings. The van der Waals surface area contributed by atoms with E-state index >= 15 is 0 Å². The number of fused-ring (bicyclic) bond motifs is 1. The minimum absolute atomic E-state index is 0.261. The Morgan fingerprint density at radius 2 is 1.93 bits per heavy atom. The molecule has 0 spiro atoms. The molecule has 1 amide bonds. The van der Waals surface area contributed by atoms with Crippen LogP contribution in [-0.4, -0.2) is 67.1 Å². The zero-order chi connectivity index (χ0) is 19.3. The fourth-order valence-corrected chi connectivity index (χ4v) is 4.05. The van der Waals surface area contributed by atoms with Crippen LogP contribution in [0.2, 0.25) is 0 Å². The Morgan fingerprint density at radius 3 is 2.68 bits per heavy atom. The molecule has 2 aliphatic heterocycles. The number of anilines is 1. The number of amides is 1. The first-order chi connectivity index (χ1) is 13.7. The molecule has 0 bridgehead atoms. The van der Waals surface area contributed by atoms with E-state index in [1.807, 2.05) is 35.4 Å². The molecule has 3 heterocycles. The summed E-state index contributed by atoms with van der Waals surface area (Å²) in [6, 6.07) is 12.3. The Hall–Kier alpha value is -2.60. The molecule has 0 atom stereocenters. The SMILES string of the molecule is COc1ccc2c(c1)CN(CCC(=O)N1CCN(c3ccccn3)CC1)CC2. The first-order valence-corrected chi connectivity index (χ1v) is 10.0. The number of nitrogens with zero attached hydrogens (tertiary/aromatic N) is 4. The lowest BCUT2D eigenvalue weighted by Gasteiger charge is -2.36. The van der Waals surface area contributed by atoms with E-state index in [0.717, 1.165) is 63.8 Å². The average molecular weight is 380 g/mol. The van der Waals surface area contributed by atoms with Crippen LogP contribution in [0.1, 0.15) is 17.5 Å². The maximum absolute atomic E-state index is 12.7. The zero-order valence-electron chi connectivity index (χ0n) is 16.5. The van der Waals surface area contributed by atoms with Crippen LogP contribution in [0.3, 0.4) is 0 Å². The van der Waals surface area contributed by atoms with Crippen molar-refractivity contribution in [2.75, 3.05) is 51.3 Å². The van der Waals surface area contributed by atoms with Crippen LogP contribution in [-0.2, 0) is 17.8 Å². The fourth-order valence-electron chi connectivity index (χ4n) is 4.05. The van der Waals surface area contributed by atoms with Crippen LogP contribution in [0.4, 0.5) is 5.82 Å². The quantitative estimate of drug-likeness (QED) is 0.796. The number of hydrogen-bond acceptors (Lipinski definition) is 5. The number of hydrogen-bond donors (Lipinski definition) is 0. The number of rotatable bonds is 5. The molecule has 4 rings (SSSR count). The van der Waals surface area contributed by atoms with Crippen molar-refractivity contribution in [1.29, 1.82) is 0 Å². The molecule has 6 heteroatoms. The number of benzene rings is 1. The highest BCUT2D eigenvalue weighted by Crippen LogP contribution is 2.24.